The zero-order chi connectivity index (χ0) is 9.71. The van der Waals surface area contributed by atoms with Gasteiger partial charge in [0.1, 0.15) is 0 Å². The lowest BCUT2D eigenvalue weighted by Gasteiger charge is -2.25. The third-order valence-electron chi connectivity index (χ3n) is 4.19. The van der Waals surface area contributed by atoms with Crippen molar-refractivity contribution in [2.24, 2.45) is 11.8 Å². The summed E-state index contributed by atoms with van der Waals surface area (Å²) >= 11 is 1.98. The van der Waals surface area contributed by atoms with E-state index in [4.69, 9.17) is 0 Å². The predicted molar refractivity (Wildman–Crippen MR) is 59.5 cm³/mol. The van der Waals surface area contributed by atoms with Crippen molar-refractivity contribution in [2.75, 3.05) is 18.8 Å². The maximum absolute atomic E-state index is 9.81. The average molecular weight is 213 g/mol. The van der Waals surface area contributed by atoms with E-state index < -0.39 is 0 Å². The van der Waals surface area contributed by atoms with E-state index in [1.165, 1.54) is 19.4 Å². The van der Waals surface area contributed by atoms with Crippen molar-refractivity contribution in [3.8, 4) is 0 Å². The number of aliphatic hydroxyl groups is 1. The lowest BCUT2D eigenvalue weighted by atomic mass is 10.0. The topological polar surface area (TPSA) is 23.5 Å². The summed E-state index contributed by atoms with van der Waals surface area (Å²) in [5.41, 5.74) is 0. The minimum absolute atomic E-state index is 0.0265. The van der Waals surface area contributed by atoms with Gasteiger partial charge in [0.15, 0.2) is 0 Å². The molecule has 3 heteroatoms. The molecule has 1 aliphatic carbocycles. The Balaban J connectivity index is 1.64. The van der Waals surface area contributed by atoms with Gasteiger partial charge in [-0.3, -0.25) is 4.90 Å². The van der Waals surface area contributed by atoms with Gasteiger partial charge in [0.25, 0.3) is 0 Å². The van der Waals surface area contributed by atoms with Gasteiger partial charge in [-0.05, 0) is 25.7 Å². The fourth-order valence-corrected chi connectivity index (χ4v) is 4.43. The van der Waals surface area contributed by atoms with Gasteiger partial charge >= 0.3 is 0 Å². The highest BCUT2D eigenvalue weighted by atomic mass is 32.2. The molecule has 2 nitrogen and oxygen atoms in total. The van der Waals surface area contributed by atoms with Crippen LogP contribution in [-0.2, 0) is 0 Å². The van der Waals surface area contributed by atoms with Gasteiger partial charge in [0.05, 0.1) is 6.10 Å². The van der Waals surface area contributed by atoms with Crippen molar-refractivity contribution in [3.63, 3.8) is 0 Å². The molecule has 4 atom stereocenters. The van der Waals surface area contributed by atoms with Crippen LogP contribution in [0.3, 0.4) is 0 Å². The zero-order valence-corrected chi connectivity index (χ0v) is 9.54. The Bertz CT molecular complexity index is 231. The van der Waals surface area contributed by atoms with Crippen LogP contribution >= 0.6 is 11.8 Å². The first-order valence-electron chi connectivity index (χ1n) is 5.79. The quantitative estimate of drug-likeness (QED) is 0.745. The summed E-state index contributed by atoms with van der Waals surface area (Å²) in [4.78, 5) is 2.61. The molecule has 0 radical (unpaired) electrons. The molecule has 3 aliphatic rings. The second-order valence-electron chi connectivity index (χ2n) is 5.13. The van der Waals surface area contributed by atoms with E-state index in [-0.39, 0.29) is 6.10 Å². The largest absolute Gasteiger partial charge is 0.392 e. The smallest absolute Gasteiger partial charge is 0.0682 e. The molecular weight excluding hydrogens is 194 g/mol. The minimum atomic E-state index is -0.0265. The standard InChI is InChI=1S/C11H19NOS/c1-7(8-2-3-8)12-4-9-10(13)6-14-11(9)5-12/h7-11,13H,2-6H2,1H3. The van der Waals surface area contributed by atoms with Gasteiger partial charge in [-0.2, -0.15) is 11.8 Å². The van der Waals surface area contributed by atoms with Crippen LogP contribution in [0.4, 0.5) is 0 Å². The van der Waals surface area contributed by atoms with Crippen molar-refractivity contribution in [1.82, 2.24) is 4.90 Å². The fourth-order valence-electron chi connectivity index (χ4n) is 2.93. The number of hydrogen-bond donors (Lipinski definition) is 1. The van der Waals surface area contributed by atoms with E-state index in [1.807, 2.05) is 11.8 Å². The van der Waals surface area contributed by atoms with Crippen molar-refractivity contribution in [2.45, 2.75) is 37.2 Å². The van der Waals surface area contributed by atoms with Crippen molar-refractivity contribution in [1.29, 1.82) is 0 Å². The lowest BCUT2D eigenvalue weighted by Crippen LogP contribution is -2.34. The van der Waals surface area contributed by atoms with E-state index in [2.05, 4.69) is 11.8 Å². The maximum Gasteiger partial charge on any atom is 0.0682 e. The lowest BCUT2D eigenvalue weighted by molar-refractivity contribution is 0.132. The molecule has 0 aromatic rings. The van der Waals surface area contributed by atoms with Gasteiger partial charge in [0, 0.05) is 36.1 Å². The maximum atomic E-state index is 9.81. The Morgan fingerprint density at radius 1 is 1.36 bits per heavy atom. The summed E-state index contributed by atoms with van der Waals surface area (Å²) in [6.07, 6.45) is 2.84. The van der Waals surface area contributed by atoms with E-state index >= 15 is 0 Å². The zero-order valence-electron chi connectivity index (χ0n) is 8.72. The molecule has 0 amide bonds. The predicted octanol–water partition coefficient (Wildman–Crippen LogP) is 1.19. The van der Waals surface area contributed by atoms with E-state index in [0.717, 1.165) is 29.5 Å². The van der Waals surface area contributed by atoms with Crippen LogP contribution < -0.4 is 0 Å². The van der Waals surface area contributed by atoms with Gasteiger partial charge in [-0.1, -0.05) is 0 Å². The second-order valence-corrected chi connectivity index (χ2v) is 6.41. The molecule has 14 heavy (non-hydrogen) atoms. The molecule has 3 rings (SSSR count). The minimum Gasteiger partial charge on any atom is -0.392 e. The number of hydrogen-bond acceptors (Lipinski definition) is 3. The molecule has 1 N–H and O–H groups in total. The van der Waals surface area contributed by atoms with Crippen LogP contribution in [0.1, 0.15) is 19.8 Å². The first-order valence-corrected chi connectivity index (χ1v) is 6.84. The van der Waals surface area contributed by atoms with Gasteiger partial charge in [0.2, 0.25) is 0 Å². The Hall–Kier alpha value is 0.270. The normalized spacial score (nSPS) is 45.4. The van der Waals surface area contributed by atoms with Crippen LogP contribution in [0.2, 0.25) is 0 Å². The fraction of sp³-hybridized carbons (Fsp3) is 1.00. The molecule has 0 spiro atoms. The van der Waals surface area contributed by atoms with Gasteiger partial charge in [-0.15, -0.1) is 0 Å². The highest BCUT2D eigenvalue weighted by Gasteiger charge is 2.45. The SMILES string of the molecule is CC(C1CC1)N1CC2SCC(O)C2C1. The summed E-state index contributed by atoms with van der Waals surface area (Å²) < 4.78 is 0. The molecule has 0 aromatic carbocycles. The molecule has 2 aliphatic heterocycles. The Kier molecular flexibility index (Phi) is 2.30. The highest BCUT2D eigenvalue weighted by molar-refractivity contribution is 8.00. The monoisotopic (exact) mass is 213 g/mol. The number of likely N-dealkylation sites (tertiary alicyclic amines) is 1. The summed E-state index contributed by atoms with van der Waals surface area (Å²) in [7, 11) is 0. The molecule has 3 fully saturated rings. The summed E-state index contributed by atoms with van der Waals surface area (Å²) in [5, 5.41) is 10.5. The molecule has 0 aromatic heterocycles. The van der Waals surface area contributed by atoms with Crippen molar-refractivity contribution < 1.29 is 5.11 Å². The molecule has 0 bridgehead atoms. The van der Waals surface area contributed by atoms with Crippen LogP contribution in [0, 0.1) is 11.8 Å². The molecule has 2 heterocycles. The Labute approximate surface area is 90.0 Å². The number of rotatable bonds is 2. The number of aliphatic hydroxyl groups excluding tert-OH is 1. The molecule has 2 saturated heterocycles. The number of fused-ring (bicyclic) bond motifs is 1. The van der Waals surface area contributed by atoms with Crippen LogP contribution in [0.15, 0.2) is 0 Å². The molecule has 4 unspecified atom stereocenters. The first-order chi connectivity index (χ1) is 6.75. The third-order valence-corrected chi connectivity index (χ3v) is 5.65. The highest BCUT2D eigenvalue weighted by Crippen LogP contribution is 2.42. The van der Waals surface area contributed by atoms with E-state index in [9.17, 15) is 5.11 Å². The summed E-state index contributed by atoms with van der Waals surface area (Å²) in [6.45, 7) is 4.75. The van der Waals surface area contributed by atoms with E-state index in [1.54, 1.807) is 0 Å². The Morgan fingerprint density at radius 2 is 2.14 bits per heavy atom. The van der Waals surface area contributed by atoms with Crippen LogP contribution in [-0.4, -0.2) is 46.2 Å². The van der Waals surface area contributed by atoms with Crippen LogP contribution in [0.25, 0.3) is 0 Å². The number of nitrogens with zero attached hydrogens (tertiary/aromatic N) is 1. The van der Waals surface area contributed by atoms with Gasteiger partial charge < -0.3 is 5.11 Å². The Morgan fingerprint density at radius 3 is 2.79 bits per heavy atom. The summed E-state index contributed by atoms with van der Waals surface area (Å²) in [5.74, 6) is 2.51. The second kappa shape index (κ2) is 3.39. The molecule has 80 valence electrons. The van der Waals surface area contributed by atoms with Crippen molar-refractivity contribution in [3.05, 3.63) is 0 Å². The van der Waals surface area contributed by atoms with E-state index in [0.29, 0.717) is 5.92 Å². The molecular formula is C11H19NOS. The number of thioether (sulfide) groups is 1. The first kappa shape index (κ1) is 9.49. The van der Waals surface area contributed by atoms with Crippen LogP contribution in [0.5, 0.6) is 0 Å². The molecule has 1 saturated carbocycles. The van der Waals surface area contributed by atoms with Gasteiger partial charge in [-0.25, -0.2) is 0 Å². The van der Waals surface area contributed by atoms with Crippen molar-refractivity contribution >= 4 is 11.8 Å². The summed E-state index contributed by atoms with van der Waals surface area (Å²) in [6, 6.07) is 0.772. The average Bonchev–Trinajstić information content (AvgIpc) is 2.84. The third kappa shape index (κ3) is 1.50.